The number of anilines is 4. The molecule has 4 aromatic rings. The van der Waals surface area contributed by atoms with Crippen LogP contribution in [-0.4, -0.2) is 41.6 Å². The van der Waals surface area contributed by atoms with E-state index in [1.807, 2.05) is 35.8 Å². The van der Waals surface area contributed by atoms with E-state index in [1.54, 1.807) is 37.6 Å². The summed E-state index contributed by atoms with van der Waals surface area (Å²) in [6, 6.07) is 11.7. The van der Waals surface area contributed by atoms with Crippen LogP contribution >= 0.6 is 0 Å². The lowest BCUT2D eigenvalue weighted by Gasteiger charge is -2.21. The minimum absolute atomic E-state index is 0.294. The Morgan fingerprint density at radius 1 is 1.18 bits per heavy atom. The number of carbonyl (C=O) groups excluding carboxylic acids is 1. The summed E-state index contributed by atoms with van der Waals surface area (Å²) in [4.78, 5) is 22.7. The molecule has 1 amide bonds. The van der Waals surface area contributed by atoms with Crippen LogP contribution in [0.25, 0.3) is 16.7 Å². The van der Waals surface area contributed by atoms with E-state index in [4.69, 9.17) is 4.74 Å². The van der Waals surface area contributed by atoms with Gasteiger partial charge in [-0.05, 0) is 42.5 Å². The second-order valence-electron chi connectivity index (χ2n) is 7.41. The predicted octanol–water partition coefficient (Wildman–Crippen LogP) is 4.50. The minimum Gasteiger partial charge on any atom is -0.494 e. The predicted molar refractivity (Wildman–Crippen MR) is 128 cm³/mol. The van der Waals surface area contributed by atoms with E-state index >= 15 is 0 Å². The van der Waals surface area contributed by atoms with E-state index in [0.717, 1.165) is 16.6 Å². The summed E-state index contributed by atoms with van der Waals surface area (Å²) < 4.78 is 20.9. The van der Waals surface area contributed by atoms with Crippen molar-refractivity contribution in [3.8, 4) is 11.6 Å². The molecule has 33 heavy (non-hydrogen) atoms. The highest BCUT2D eigenvalue weighted by Gasteiger charge is 2.15. The number of benzene rings is 2. The van der Waals surface area contributed by atoms with Crippen molar-refractivity contribution in [3.05, 3.63) is 73.3 Å². The molecular formula is C24H23FN6O2. The molecule has 0 aliphatic carbocycles. The van der Waals surface area contributed by atoms with Gasteiger partial charge in [0.25, 0.3) is 0 Å². The first-order valence-corrected chi connectivity index (χ1v) is 10.1. The molecule has 9 heteroatoms. The van der Waals surface area contributed by atoms with Crippen LogP contribution < -0.4 is 20.3 Å². The Kier molecular flexibility index (Phi) is 5.95. The van der Waals surface area contributed by atoms with Crippen LogP contribution in [0, 0.1) is 5.82 Å². The number of nitrogens with zero attached hydrogens (tertiary/aromatic N) is 4. The summed E-state index contributed by atoms with van der Waals surface area (Å²) in [6.45, 7) is 3.51. The third-order valence-corrected chi connectivity index (χ3v) is 5.03. The number of carbonyl (C=O) groups is 1. The SMILES string of the molecule is C=CC(=O)Nc1cc(Nc2nccc(-n3ccc4cc(F)ccc43)n2)c(OC)cc1N(C)C. The van der Waals surface area contributed by atoms with Crippen molar-refractivity contribution in [1.82, 2.24) is 14.5 Å². The smallest absolute Gasteiger partial charge is 0.247 e. The maximum Gasteiger partial charge on any atom is 0.247 e. The van der Waals surface area contributed by atoms with Gasteiger partial charge in [0.2, 0.25) is 11.9 Å². The van der Waals surface area contributed by atoms with Gasteiger partial charge in [-0.1, -0.05) is 6.58 Å². The first-order valence-electron chi connectivity index (χ1n) is 10.1. The monoisotopic (exact) mass is 446 g/mol. The molecule has 0 spiro atoms. The van der Waals surface area contributed by atoms with Gasteiger partial charge < -0.3 is 24.8 Å². The van der Waals surface area contributed by atoms with Crippen molar-refractivity contribution < 1.29 is 13.9 Å². The van der Waals surface area contributed by atoms with Crippen molar-refractivity contribution >= 4 is 39.8 Å². The van der Waals surface area contributed by atoms with Crippen LogP contribution in [0.15, 0.2) is 67.5 Å². The average Bonchev–Trinajstić information content (AvgIpc) is 3.22. The third kappa shape index (κ3) is 4.47. The molecule has 0 radical (unpaired) electrons. The molecule has 4 rings (SSSR count). The first-order chi connectivity index (χ1) is 15.9. The lowest BCUT2D eigenvalue weighted by Crippen LogP contribution is -2.15. The summed E-state index contributed by atoms with van der Waals surface area (Å²) in [6.07, 6.45) is 4.66. The zero-order chi connectivity index (χ0) is 23.5. The van der Waals surface area contributed by atoms with Crippen LogP contribution in [-0.2, 0) is 4.79 Å². The lowest BCUT2D eigenvalue weighted by molar-refractivity contribution is -0.111. The highest BCUT2D eigenvalue weighted by molar-refractivity contribution is 6.02. The molecule has 2 heterocycles. The molecule has 0 unspecified atom stereocenters. The highest BCUT2D eigenvalue weighted by atomic mass is 19.1. The van der Waals surface area contributed by atoms with E-state index in [1.165, 1.54) is 18.2 Å². The van der Waals surface area contributed by atoms with Crippen LogP contribution in [0.4, 0.5) is 27.4 Å². The molecule has 168 valence electrons. The van der Waals surface area contributed by atoms with Crippen LogP contribution in [0.2, 0.25) is 0 Å². The van der Waals surface area contributed by atoms with Crippen molar-refractivity contribution in [2.24, 2.45) is 0 Å². The second kappa shape index (κ2) is 8.99. The number of hydrogen-bond acceptors (Lipinski definition) is 6. The second-order valence-corrected chi connectivity index (χ2v) is 7.41. The normalized spacial score (nSPS) is 10.7. The molecule has 2 N–H and O–H groups in total. The number of aromatic nitrogens is 3. The number of methoxy groups -OCH3 is 1. The Hall–Kier alpha value is -4.40. The molecule has 2 aromatic heterocycles. The van der Waals surface area contributed by atoms with Gasteiger partial charge in [-0.3, -0.25) is 4.79 Å². The Bertz CT molecular complexity index is 1350. The number of rotatable bonds is 7. The molecule has 0 aliphatic heterocycles. The number of hydrogen-bond donors (Lipinski definition) is 2. The van der Waals surface area contributed by atoms with E-state index in [2.05, 4.69) is 27.2 Å². The molecule has 0 saturated carbocycles. The minimum atomic E-state index is -0.330. The fourth-order valence-corrected chi connectivity index (χ4v) is 3.47. The topological polar surface area (TPSA) is 84.3 Å². The summed E-state index contributed by atoms with van der Waals surface area (Å²) >= 11 is 0. The quantitative estimate of drug-likeness (QED) is 0.407. The molecule has 0 fully saturated rings. The molecular weight excluding hydrogens is 423 g/mol. The Morgan fingerprint density at radius 3 is 2.73 bits per heavy atom. The van der Waals surface area contributed by atoms with Crippen molar-refractivity contribution in [2.45, 2.75) is 0 Å². The zero-order valence-electron chi connectivity index (χ0n) is 18.5. The molecule has 0 bridgehead atoms. The molecule has 0 saturated heterocycles. The van der Waals surface area contributed by atoms with Gasteiger partial charge in [0.05, 0.1) is 29.7 Å². The van der Waals surface area contributed by atoms with E-state index in [9.17, 15) is 9.18 Å². The van der Waals surface area contributed by atoms with Gasteiger partial charge in [-0.15, -0.1) is 0 Å². The van der Waals surface area contributed by atoms with Gasteiger partial charge in [-0.25, -0.2) is 9.37 Å². The Morgan fingerprint density at radius 2 is 2.00 bits per heavy atom. The van der Waals surface area contributed by atoms with Gasteiger partial charge in [0.15, 0.2) is 0 Å². The zero-order valence-corrected chi connectivity index (χ0v) is 18.5. The first kappa shape index (κ1) is 21.8. The largest absolute Gasteiger partial charge is 0.494 e. The van der Waals surface area contributed by atoms with Crippen LogP contribution in [0.3, 0.4) is 0 Å². The van der Waals surface area contributed by atoms with E-state index in [0.29, 0.717) is 28.9 Å². The summed E-state index contributed by atoms with van der Waals surface area (Å²) in [5, 5.41) is 6.74. The standard InChI is InChI=1S/C24H23FN6O2/c1-5-23(32)27-17-13-18(21(33-4)14-20(17)30(2)3)28-24-26-10-8-22(29-24)31-11-9-15-12-16(25)6-7-19(15)31/h5-14H,1H2,2-4H3,(H,27,32)(H,26,28,29). The Balaban J connectivity index is 1.72. The number of ether oxygens (including phenoxy) is 1. The fraction of sp³-hybridized carbons (Fsp3) is 0.125. The lowest BCUT2D eigenvalue weighted by atomic mass is 10.2. The van der Waals surface area contributed by atoms with Crippen molar-refractivity contribution in [1.29, 1.82) is 0 Å². The summed E-state index contributed by atoms with van der Waals surface area (Å²) in [7, 11) is 5.29. The number of nitrogens with one attached hydrogen (secondary N) is 2. The van der Waals surface area contributed by atoms with Crippen molar-refractivity contribution in [2.75, 3.05) is 36.7 Å². The molecule has 0 aliphatic rings. The average molecular weight is 446 g/mol. The van der Waals surface area contributed by atoms with Crippen LogP contribution in [0.1, 0.15) is 0 Å². The summed E-state index contributed by atoms with van der Waals surface area (Å²) in [5.41, 5.74) is 2.72. The maximum atomic E-state index is 13.5. The van der Waals surface area contributed by atoms with Crippen molar-refractivity contribution in [3.63, 3.8) is 0 Å². The van der Waals surface area contributed by atoms with Gasteiger partial charge >= 0.3 is 0 Å². The highest BCUT2D eigenvalue weighted by Crippen LogP contribution is 2.37. The molecule has 0 atom stereocenters. The van der Waals surface area contributed by atoms with Gasteiger partial charge in [0.1, 0.15) is 17.4 Å². The summed E-state index contributed by atoms with van der Waals surface area (Å²) in [5.74, 6) is 0.860. The molecule has 2 aromatic carbocycles. The molecule has 8 nitrogen and oxygen atoms in total. The number of fused-ring (bicyclic) bond motifs is 1. The fourth-order valence-electron chi connectivity index (χ4n) is 3.47. The van der Waals surface area contributed by atoms with Crippen LogP contribution in [0.5, 0.6) is 5.75 Å². The van der Waals surface area contributed by atoms with E-state index < -0.39 is 0 Å². The third-order valence-electron chi connectivity index (χ3n) is 5.03. The number of amides is 1. The Labute approximate surface area is 190 Å². The van der Waals surface area contributed by atoms with Gasteiger partial charge in [-0.2, -0.15) is 4.98 Å². The number of halogens is 1. The van der Waals surface area contributed by atoms with Gasteiger partial charge in [0, 0.05) is 37.9 Å². The maximum absolute atomic E-state index is 13.5. The van der Waals surface area contributed by atoms with E-state index in [-0.39, 0.29) is 11.7 Å².